The number of carbonyl (C=O) groups is 1. The van der Waals surface area contributed by atoms with Crippen LogP contribution < -0.4 is 5.32 Å². The Bertz CT molecular complexity index is 911. The zero-order valence-corrected chi connectivity index (χ0v) is 15.2. The molecule has 0 saturated heterocycles. The predicted molar refractivity (Wildman–Crippen MR) is 94.8 cm³/mol. The van der Waals surface area contributed by atoms with Gasteiger partial charge in [-0.05, 0) is 32.3 Å². The van der Waals surface area contributed by atoms with Gasteiger partial charge in [-0.15, -0.1) is 11.3 Å². The average molecular weight is 344 g/mol. The molecule has 0 aromatic carbocycles. The number of nitrogens with one attached hydrogen (secondary N) is 1. The molecule has 7 heteroatoms. The van der Waals surface area contributed by atoms with E-state index in [0.29, 0.717) is 27.5 Å². The van der Waals surface area contributed by atoms with Crippen molar-refractivity contribution in [2.24, 2.45) is 0 Å². The number of aromatic nitrogens is 3. The van der Waals surface area contributed by atoms with E-state index in [1.807, 2.05) is 33.8 Å². The topological polar surface area (TPSA) is 80.9 Å². The SMILES string of the molecule is CCc1nc(NC(=O)c2cc(C(C)C)nc3onc(C)c23)sc1C. The Labute approximate surface area is 144 Å². The van der Waals surface area contributed by atoms with Gasteiger partial charge in [0.15, 0.2) is 5.13 Å². The standard InChI is InChI=1S/C17H20N4O2S/c1-6-12-10(5)24-17(19-12)20-15(22)11-7-13(8(2)3)18-16-14(11)9(4)21-23-16/h7-8H,6H2,1-5H3,(H,19,20,22). The first-order valence-electron chi connectivity index (χ1n) is 7.95. The Morgan fingerprint density at radius 1 is 1.33 bits per heavy atom. The van der Waals surface area contributed by atoms with Gasteiger partial charge in [0.05, 0.1) is 22.3 Å². The second-order valence-electron chi connectivity index (χ2n) is 6.03. The van der Waals surface area contributed by atoms with Crippen LogP contribution in [0.4, 0.5) is 5.13 Å². The highest BCUT2D eigenvalue weighted by molar-refractivity contribution is 7.15. The number of rotatable bonds is 4. The highest BCUT2D eigenvalue weighted by Gasteiger charge is 2.20. The number of thiazole rings is 1. The first-order chi connectivity index (χ1) is 11.4. The number of pyridine rings is 1. The first kappa shape index (κ1) is 16.6. The minimum atomic E-state index is -0.216. The van der Waals surface area contributed by atoms with Crippen molar-refractivity contribution in [2.45, 2.75) is 47.0 Å². The lowest BCUT2D eigenvalue weighted by molar-refractivity contribution is 0.102. The van der Waals surface area contributed by atoms with Gasteiger partial charge in [-0.25, -0.2) is 9.97 Å². The predicted octanol–water partition coefficient (Wildman–Crippen LogP) is 4.23. The van der Waals surface area contributed by atoms with Crippen LogP contribution in [0, 0.1) is 13.8 Å². The molecule has 3 aromatic heterocycles. The normalized spacial score (nSPS) is 11.4. The van der Waals surface area contributed by atoms with Gasteiger partial charge in [0.2, 0.25) is 0 Å². The molecule has 0 unspecified atom stereocenters. The molecule has 0 atom stereocenters. The number of amides is 1. The fourth-order valence-corrected chi connectivity index (χ4v) is 3.46. The van der Waals surface area contributed by atoms with Crippen LogP contribution in [-0.2, 0) is 6.42 Å². The second-order valence-corrected chi connectivity index (χ2v) is 7.23. The van der Waals surface area contributed by atoms with Gasteiger partial charge in [0.1, 0.15) is 0 Å². The third-order valence-electron chi connectivity index (χ3n) is 3.92. The number of hydrogen-bond acceptors (Lipinski definition) is 6. The highest BCUT2D eigenvalue weighted by Crippen LogP contribution is 2.27. The molecule has 126 valence electrons. The number of anilines is 1. The van der Waals surface area contributed by atoms with Crippen LogP contribution in [0.1, 0.15) is 59.0 Å². The fraction of sp³-hybridized carbons (Fsp3) is 0.412. The zero-order valence-electron chi connectivity index (χ0n) is 14.4. The average Bonchev–Trinajstić information content (AvgIpc) is 3.09. The summed E-state index contributed by atoms with van der Waals surface area (Å²) in [6.45, 7) is 9.92. The minimum absolute atomic E-state index is 0.181. The molecule has 0 aliphatic heterocycles. The minimum Gasteiger partial charge on any atom is -0.336 e. The third-order valence-corrected chi connectivity index (χ3v) is 4.85. The summed E-state index contributed by atoms with van der Waals surface area (Å²) < 4.78 is 5.27. The summed E-state index contributed by atoms with van der Waals surface area (Å²) in [7, 11) is 0. The Kier molecular flexibility index (Phi) is 4.36. The maximum Gasteiger partial charge on any atom is 0.259 e. The van der Waals surface area contributed by atoms with Gasteiger partial charge in [0.25, 0.3) is 11.6 Å². The molecule has 3 heterocycles. The van der Waals surface area contributed by atoms with Crippen molar-refractivity contribution in [2.75, 3.05) is 5.32 Å². The van der Waals surface area contributed by atoms with E-state index in [-0.39, 0.29) is 11.8 Å². The van der Waals surface area contributed by atoms with Crippen molar-refractivity contribution in [3.8, 4) is 0 Å². The van der Waals surface area contributed by atoms with E-state index in [4.69, 9.17) is 4.52 Å². The molecule has 1 amide bonds. The highest BCUT2D eigenvalue weighted by atomic mass is 32.1. The van der Waals surface area contributed by atoms with Crippen LogP contribution in [0.3, 0.4) is 0 Å². The number of carbonyl (C=O) groups excluding carboxylic acids is 1. The molecule has 0 bridgehead atoms. The summed E-state index contributed by atoms with van der Waals surface area (Å²) in [4.78, 5) is 22.9. The number of nitrogens with zero attached hydrogens (tertiary/aromatic N) is 3. The maximum atomic E-state index is 12.8. The van der Waals surface area contributed by atoms with E-state index < -0.39 is 0 Å². The Morgan fingerprint density at radius 3 is 2.71 bits per heavy atom. The summed E-state index contributed by atoms with van der Waals surface area (Å²) in [6.07, 6.45) is 0.847. The molecule has 0 aliphatic carbocycles. The fourth-order valence-electron chi connectivity index (χ4n) is 2.56. The van der Waals surface area contributed by atoms with Crippen molar-refractivity contribution in [3.05, 3.63) is 33.6 Å². The van der Waals surface area contributed by atoms with Crippen molar-refractivity contribution in [3.63, 3.8) is 0 Å². The van der Waals surface area contributed by atoms with Crippen LogP contribution >= 0.6 is 11.3 Å². The lowest BCUT2D eigenvalue weighted by Gasteiger charge is -2.08. The molecular weight excluding hydrogens is 324 g/mol. The van der Waals surface area contributed by atoms with Crippen LogP contribution in [0.5, 0.6) is 0 Å². The van der Waals surface area contributed by atoms with Crippen molar-refractivity contribution in [1.29, 1.82) is 0 Å². The van der Waals surface area contributed by atoms with E-state index in [0.717, 1.165) is 22.7 Å². The summed E-state index contributed by atoms with van der Waals surface area (Å²) in [5, 5.41) is 8.11. The Morgan fingerprint density at radius 2 is 2.08 bits per heavy atom. The second kappa shape index (κ2) is 6.32. The van der Waals surface area contributed by atoms with E-state index in [1.54, 1.807) is 0 Å². The smallest absolute Gasteiger partial charge is 0.259 e. The van der Waals surface area contributed by atoms with Crippen LogP contribution in [-0.4, -0.2) is 21.0 Å². The van der Waals surface area contributed by atoms with Gasteiger partial charge in [-0.2, -0.15) is 0 Å². The molecule has 3 rings (SSSR count). The molecule has 0 aliphatic rings. The monoisotopic (exact) mass is 344 g/mol. The Balaban J connectivity index is 2.03. The van der Waals surface area contributed by atoms with Gasteiger partial charge < -0.3 is 4.52 Å². The Hall–Kier alpha value is -2.28. The van der Waals surface area contributed by atoms with Crippen molar-refractivity contribution < 1.29 is 9.32 Å². The molecule has 0 radical (unpaired) electrons. The summed E-state index contributed by atoms with van der Waals surface area (Å²) >= 11 is 1.49. The number of hydrogen-bond donors (Lipinski definition) is 1. The lowest BCUT2D eigenvalue weighted by Crippen LogP contribution is -2.13. The number of aryl methyl sites for hydroxylation is 3. The molecule has 6 nitrogen and oxygen atoms in total. The molecule has 0 saturated carbocycles. The molecule has 1 N–H and O–H groups in total. The third kappa shape index (κ3) is 2.91. The van der Waals surface area contributed by atoms with Gasteiger partial charge >= 0.3 is 0 Å². The van der Waals surface area contributed by atoms with Crippen LogP contribution in [0.15, 0.2) is 10.6 Å². The number of fused-ring (bicyclic) bond motifs is 1. The van der Waals surface area contributed by atoms with E-state index in [9.17, 15) is 4.79 Å². The molecule has 0 spiro atoms. The summed E-state index contributed by atoms with van der Waals surface area (Å²) in [5.41, 5.74) is 3.39. The van der Waals surface area contributed by atoms with E-state index >= 15 is 0 Å². The van der Waals surface area contributed by atoms with Crippen molar-refractivity contribution >= 4 is 33.5 Å². The van der Waals surface area contributed by atoms with E-state index in [1.165, 1.54) is 11.3 Å². The van der Waals surface area contributed by atoms with Crippen molar-refractivity contribution in [1.82, 2.24) is 15.1 Å². The largest absolute Gasteiger partial charge is 0.336 e. The first-order valence-corrected chi connectivity index (χ1v) is 8.76. The zero-order chi connectivity index (χ0) is 17.4. The van der Waals surface area contributed by atoms with Gasteiger partial charge in [-0.1, -0.05) is 25.9 Å². The molecular formula is C17H20N4O2S. The molecule has 24 heavy (non-hydrogen) atoms. The summed E-state index contributed by atoms with van der Waals surface area (Å²) in [6, 6.07) is 1.81. The summed E-state index contributed by atoms with van der Waals surface area (Å²) in [5.74, 6) is -0.0350. The quantitative estimate of drug-likeness (QED) is 0.766. The van der Waals surface area contributed by atoms with Crippen LogP contribution in [0.2, 0.25) is 0 Å². The van der Waals surface area contributed by atoms with Gasteiger partial charge in [0, 0.05) is 10.6 Å². The van der Waals surface area contributed by atoms with Gasteiger partial charge in [-0.3, -0.25) is 10.1 Å². The maximum absolute atomic E-state index is 12.8. The van der Waals surface area contributed by atoms with E-state index in [2.05, 4.69) is 27.4 Å². The lowest BCUT2D eigenvalue weighted by atomic mass is 10.0. The molecule has 0 fully saturated rings. The molecule has 3 aromatic rings. The van der Waals surface area contributed by atoms with Crippen LogP contribution in [0.25, 0.3) is 11.1 Å².